The number of carbonyl (C=O) groups excluding carboxylic acids is 1. The van der Waals surface area contributed by atoms with Gasteiger partial charge in [0, 0.05) is 6.61 Å². The van der Waals surface area contributed by atoms with E-state index in [0.717, 1.165) is 37.7 Å². The van der Waals surface area contributed by atoms with Gasteiger partial charge in [-0.15, -0.1) is 0 Å². The Bertz CT molecular complexity index is 252. The maximum Gasteiger partial charge on any atom is 0.145 e. The smallest absolute Gasteiger partial charge is 0.145 e. The van der Waals surface area contributed by atoms with E-state index < -0.39 is 0 Å². The van der Waals surface area contributed by atoms with E-state index in [1.807, 2.05) is 13.0 Å². The molecule has 2 nitrogen and oxygen atoms in total. The van der Waals surface area contributed by atoms with Crippen LogP contribution in [0, 0.1) is 0 Å². The van der Waals surface area contributed by atoms with E-state index in [9.17, 15) is 4.79 Å². The van der Waals surface area contributed by atoms with Crippen LogP contribution in [-0.2, 0) is 9.53 Å². The van der Waals surface area contributed by atoms with E-state index in [1.165, 1.54) is 18.4 Å². The van der Waals surface area contributed by atoms with Gasteiger partial charge in [0.15, 0.2) is 0 Å². The van der Waals surface area contributed by atoms with Crippen molar-refractivity contribution >= 4 is 6.29 Å². The lowest BCUT2D eigenvalue weighted by atomic mass is 10.1. The molecule has 0 heterocycles. The second-order valence-electron chi connectivity index (χ2n) is 4.44. The predicted molar refractivity (Wildman–Crippen MR) is 73.2 cm³/mol. The maximum absolute atomic E-state index is 10.4. The van der Waals surface area contributed by atoms with Gasteiger partial charge in [0.2, 0.25) is 0 Å². The van der Waals surface area contributed by atoms with Crippen LogP contribution in [0.2, 0.25) is 0 Å². The number of carbonyl (C=O) groups is 1. The normalized spacial score (nSPS) is 12.9. The Balaban J connectivity index is 3.54. The third kappa shape index (κ3) is 11.4. The highest BCUT2D eigenvalue weighted by Gasteiger charge is 1.91. The van der Waals surface area contributed by atoms with Gasteiger partial charge in [0.05, 0.1) is 6.61 Å². The van der Waals surface area contributed by atoms with Crippen molar-refractivity contribution in [3.8, 4) is 0 Å². The summed E-state index contributed by atoms with van der Waals surface area (Å²) >= 11 is 0. The van der Waals surface area contributed by atoms with Crippen molar-refractivity contribution in [2.24, 2.45) is 0 Å². The average molecular weight is 238 g/mol. The Morgan fingerprint density at radius 3 is 2.59 bits per heavy atom. The highest BCUT2D eigenvalue weighted by atomic mass is 16.5. The Labute approximate surface area is 106 Å². The van der Waals surface area contributed by atoms with Crippen LogP contribution in [0.4, 0.5) is 0 Å². The molecule has 0 atom stereocenters. The molecule has 2 heteroatoms. The van der Waals surface area contributed by atoms with Crippen molar-refractivity contribution in [2.45, 2.75) is 52.9 Å². The van der Waals surface area contributed by atoms with E-state index in [1.54, 1.807) is 0 Å². The molecule has 0 aliphatic heterocycles. The predicted octanol–water partition coefficient (Wildman–Crippen LogP) is 4.06. The molecule has 0 N–H and O–H groups in total. The van der Waals surface area contributed by atoms with Gasteiger partial charge in [-0.25, -0.2) is 0 Å². The van der Waals surface area contributed by atoms with Crippen LogP contribution in [0.15, 0.2) is 23.3 Å². The third-order valence-corrected chi connectivity index (χ3v) is 2.63. The van der Waals surface area contributed by atoms with E-state index in [0.29, 0.717) is 6.61 Å². The second kappa shape index (κ2) is 11.6. The summed E-state index contributed by atoms with van der Waals surface area (Å²) < 4.78 is 5.51. The number of allylic oxidation sites excluding steroid dienone is 3. The first-order valence-corrected chi connectivity index (χ1v) is 6.56. The van der Waals surface area contributed by atoms with Crippen LogP contribution in [0.3, 0.4) is 0 Å². The van der Waals surface area contributed by atoms with Gasteiger partial charge < -0.3 is 4.74 Å². The fourth-order valence-electron chi connectivity index (χ4n) is 1.42. The summed E-state index contributed by atoms with van der Waals surface area (Å²) in [5.74, 6) is 0. The zero-order chi connectivity index (χ0) is 12.9. The van der Waals surface area contributed by atoms with Gasteiger partial charge in [-0.3, -0.25) is 4.79 Å². The summed E-state index contributed by atoms with van der Waals surface area (Å²) in [5, 5.41) is 0. The van der Waals surface area contributed by atoms with Gasteiger partial charge in [0.1, 0.15) is 6.29 Å². The largest absolute Gasteiger partial charge is 0.377 e. The lowest BCUT2D eigenvalue weighted by molar-refractivity contribution is -0.104. The highest BCUT2D eigenvalue weighted by Crippen LogP contribution is 2.06. The van der Waals surface area contributed by atoms with Gasteiger partial charge >= 0.3 is 0 Å². The molecule has 17 heavy (non-hydrogen) atoms. The number of ether oxygens (including phenoxy) is 1. The van der Waals surface area contributed by atoms with Gasteiger partial charge in [-0.1, -0.05) is 37.5 Å². The summed E-state index contributed by atoms with van der Waals surface area (Å²) in [5.41, 5.74) is 2.14. The van der Waals surface area contributed by atoms with Crippen LogP contribution < -0.4 is 0 Å². The first kappa shape index (κ1) is 16.1. The minimum Gasteiger partial charge on any atom is -0.377 e. The van der Waals surface area contributed by atoms with E-state index >= 15 is 0 Å². The van der Waals surface area contributed by atoms with Crippen molar-refractivity contribution in [3.63, 3.8) is 0 Å². The van der Waals surface area contributed by atoms with Crippen molar-refractivity contribution in [1.82, 2.24) is 0 Å². The molecule has 0 aromatic carbocycles. The molecule has 0 aliphatic rings. The Hall–Kier alpha value is -0.890. The van der Waals surface area contributed by atoms with E-state index in [2.05, 4.69) is 19.9 Å². The minimum absolute atomic E-state index is 0.714. The fraction of sp³-hybridized carbons (Fsp3) is 0.667. The topological polar surface area (TPSA) is 26.3 Å². The fourth-order valence-corrected chi connectivity index (χ4v) is 1.42. The number of unbranched alkanes of at least 4 members (excludes halogenated alkanes) is 2. The molecule has 0 spiro atoms. The van der Waals surface area contributed by atoms with Crippen LogP contribution >= 0.6 is 0 Å². The Morgan fingerprint density at radius 1 is 1.18 bits per heavy atom. The third-order valence-electron chi connectivity index (χ3n) is 2.63. The molecular formula is C15H26O2. The van der Waals surface area contributed by atoms with Crippen LogP contribution in [0.1, 0.15) is 52.9 Å². The molecule has 0 bridgehead atoms. The molecular weight excluding hydrogens is 212 g/mol. The first-order valence-electron chi connectivity index (χ1n) is 6.56. The standard InChI is InChI=1S/C15H26O2/c1-4-5-6-11-17-12-10-14(2)8-7-9-15(3)13-16/h9-10,13H,4-8,11-12H2,1-3H3/b14-10+,15-9+. The average Bonchev–Trinajstić information content (AvgIpc) is 2.33. The molecule has 98 valence electrons. The molecule has 0 fully saturated rings. The zero-order valence-electron chi connectivity index (χ0n) is 11.5. The number of aldehydes is 1. The molecule has 0 radical (unpaired) electrons. The number of hydrogen-bond donors (Lipinski definition) is 0. The zero-order valence-corrected chi connectivity index (χ0v) is 11.5. The molecule has 0 amide bonds. The lowest BCUT2D eigenvalue weighted by Gasteiger charge is -2.02. The van der Waals surface area contributed by atoms with Crippen LogP contribution in [0.25, 0.3) is 0 Å². The second-order valence-corrected chi connectivity index (χ2v) is 4.44. The monoisotopic (exact) mass is 238 g/mol. The SMILES string of the molecule is CCCCCOC/C=C(\C)CC/C=C(\C)C=O. The summed E-state index contributed by atoms with van der Waals surface area (Å²) in [6, 6.07) is 0. The molecule has 0 saturated carbocycles. The van der Waals surface area contributed by atoms with Gasteiger partial charge in [-0.2, -0.15) is 0 Å². The first-order chi connectivity index (χ1) is 8.20. The van der Waals surface area contributed by atoms with Crippen LogP contribution in [0.5, 0.6) is 0 Å². The molecule has 0 unspecified atom stereocenters. The van der Waals surface area contributed by atoms with Crippen molar-refractivity contribution in [3.05, 3.63) is 23.3 Å². The molecule has 0 saturated heterocycles. The van der Waals surface area contributed by atoms with Crippen molar-refractivity contribution in [2.75, 3.05) is 13.2 Å². The van der Waals surface area contributed by atoms with Gasteiger partial charge in [0.25, 0.3) is 0 Å². The molecule has 0 aromatic rings. The molecule has 0 aliphatic carbocycles. The molecule has 0 aromatic heterocycles. The van der Waals surface area contributed by atoms with Crippen molar-refractivity contribution < 1.29 is 9.53 Å². The lowest BCUT2D eigenvalue weighted by Crippen LogP contribution is -1.95. The summed E-state index contributed by atoms with van der Waals surface area (Å²) in [7, 11) is 0. The van der Waals surface area contributed by atoms with Gasteiger partial charge in [-0.05, 0) is 38.7 Å². The highest BCUT2D eigenvalue weighted by molar-refractivity contribution is 5.71. The Kier molecular flexibility index (Phi) is 11.0. The minimum atomic E-state index is 0.714. The maximum atomic E-state index is 10.4. The van der Waals surface area contributed by atoms with E-state index in [4.69, 9.17) is 4.74 Å². The Morgan fingerprint density at radius 2 is 1.94 bits per heavy atom. The van der Waals surface area contributed by atoms with Crippen LogP contribution in [-0.4, -0.2) is 19.5 Å². The van der Waals surface area contributed by atoms with Crippen molar-refractivity contribution in [1.29, 1.82) is 0 Å². The number of hydrogen-bond acceptors (Lipinski definition) is 2. The van der Waals surface area contributed by atoms with E-state index in [-0.39, 0.29) is 0 Å². The summed E-state index contributed by atoms with van der Waals surface area (Å²) in [6.07, 6.45) is 10.6. The number of rotatable bonds is 10. The summed E-state index contributed by atoms with van der Waals surface area (Å²) in [6.45, 7) is 7.72. The summed E-state index contributed by atoms with van der Waals surface area (Å²) in [4.78, 5) is 10.4. The molecule has 0 rings (SSSR count). The quantitative estimate of drug-likeness (QED) is 0.248.